The van der Waals surface area contributed by atoms with Crippen LogP contribution in [-0.4, -0.2) is 34.9 Å². The van der Waals surface area contributed by atoms with Gasteiger partial charge in [-0.2, -0.15) is 0 Å². The highest BCUT2D eigenvalue weighted by atomic mass is 35.5. The van der Waals surface area contributed by atoms with Gasteiger partial charge in [-0.15, -0.1) is 24.8 Å². The molecule has 2 N–H and O–H groups in total. The number of amides is 1. The number of hydrogen-bond donors (Lipinski definition) is 1. The number of benzene rings is 1. The van der Waals surface area contributed by atoms with Crippen molar-refractivity contribution < 1.29 is 4.79 Å². The summed E-state index contributed by atoms with van der Waals surface area (Å²) in [5.41, 5.74) is 8.90. The van der Waals surface area contributed by atoms with Crippen molar-refractivity contribution in [3.8, 4) is 0 Å². The molecule has 26 heavy (non-hydrogen) atoms. The standard InChI is InChI=1S/C20H25N3O.2ClH/c1-12(2)19-9-15(14-5-3-4-6-18(14)22-19)20(24)23-10-13-7-8-17(21)16(13)11-23;;/h3-6,9,12-13,16-17H,7-8,10-11,21H2,1-2H3;2*1H. The van der Waals surface area contributed by atoms with Crippen molar-refractivity contribution in [3.05, 3.63) is 41.6 Å². The molecule has 2 aliphatic rings. The zero-order valence-electron chi connectivity index (χ0n) is 15.2. The average Bonchev–Trinajstić information content (AvgIpc) is 3.15. The number of fused-ring (bicyclic) bond motifs is 2. The minimum atomic E-state index is 0. The molecule has 1 aliphatic carbocycles. The third kappa shape index (κ3) is 3.55. The van der Waals surface area contributed by atoms with E-state index in [4.69, 9.17) is 10.7 Å². The fourth-order valence-electron chi connectivity index (χ4n) is 4.31. The van der Waals surface area contributed by atoms with E-state index in [0.29, 0.717) is 17.8 Å². The third-order valence-electron chi connectivity index (χ3n) is 5.76. The lowest BCUT2D eigenvalue weighted by Gasteiger charge is -2.20. The molecule has 1 aromatic heterocycles. The first-order valence-corrected chi connectivity index (χ1v) is 8.99. The first-order valence-electron chi connectivity index (χ1n) is 8.99. The van der Waals surface area contributed by atoms with Gasteiger partial charge in [0.05, 0.1) is 11.1 Å². The number of rotatable bonds is 2. The van der Waals surface area contributed by atoms with Gasteiger partial charge in [0.25, 0.3) is 5.91 Å². The molecule has 4 nitrogen and oxygen atoms in total. The van der Waals surface area contributed by atoms with E-state index in [9.17, 15) is 4.79 Å². The summed E-state index contributed by atoms with van der Waals surface area (Å²) >= 11 is 0. The van der Waals surface area contributed by atoms with E-state index in [2.05, 4.69) is 13.8 Å². The molecule has 0 bridgehead atoms. The molecule has 1 amide bonds. The maximum Gasteiger partial charge on any atom is 0.254 e. The molecule has 3 unspecified atom stereocenters. The van der Waals surface area contributed by atoms with Crippen LogP contribution in [0.2, 0.25) is 0 Å². The Balaban J connectivity index is 0.00000121. The Morgan fingerprint density at radius 2 is 1.92 bits per heavy atom. The average molecular weight is 396 g/mol. The molecule has 2 heterocycles. The zero-order valence-corrected chi connectivity index (χ0v) is 16.9. The van der Waals surface area contributed by atoms with Gasteiger partial charge in [0.15, 0.2) is 0 Å². The van der Waals surface area contributed by atoms with Crippen molar-refractivity contribution in [2.75, 3.05) is 13.1 Å². The summed E-state index contributed by atoms with van der Waals surface area (Å²) in [6, 6.07) is 10.2. The summed E-state index contributed by atoms with van der Waals surface area (Å²) in [6.07, 6.45) is 2.26. The minimum absolute atomic E-state index is 0. The molecule has 4 rings (SSSR count). The summed E-state index contributed by atoms with van der Waals surface area (Å²) in [4.78, 5) is 20.0. The Morgan fingerprint density at radius 3 is 2.62 bits per heavy atom. The molecule has 0 spiro atoms. The summed E-state index contributed by atoms with van der Waals surface area (Å²) in [5, 5.41) is 0.952. The van der Waals surface area contributed by atoms with E-state index < -0.39 is 0 Å². The minimum Gasteiger partial charge on any atom is -0.338 e. The highest BCUT2D eigenvalue weighted by molar-refractivity contribution is 6.06. The van der Waals surface area contributed by atoms with Gasteiger partial charge in [-0.1, -0.05) is 32.0 Å². The van der Waals surface area contributed by atoms with Gasteiger partial charge in [0.2, 0.25) is 0 Å². The number of para-hydroxylation sites is 1. The lowest BCUT2D eigenvalue weighted by atomic mass is 9.98. The van der Waals surface area contributed by atoms with Crippen LogP contribution >= 0.6 is 24.8 Å². The molecular weight excluding hydrogens is 369 g/mol. The maximum absolute atomic E-state index is 13.2. The number of nitrogens with two attached hydrogens (primary N) is 1. The number of aromatic nitrogens is 1. The number of hydrogen-bond acceptors (Lipinski definition) is 3. The van der Waals surface area contributed by atoms with Crippen molar-refractivity contribution in [1.82, 2.24) is 9.88 Å². The normalized spacial score (nSPS) is 24.3. The van der Waals surface area contributed by atoms with Crippen LogP contribution in [0.1, 0.15) is 48.7 Å². The lowest BCUT2D eigenvalue weighted by Crippen LogP contribution is -2.33. The molecule has 142 valence electrons. The highest BCUT2D eigenvalue weighted by Gasteiger charge is 2.42. The fraction of sp³-hybridized carbons (Fsp3) is 0.500. The Labute approximate surface area is 167 Å². The first-order chi connectivity index (χ1) is 11.5. The molecule has 6 heteroatoms. The van der Waals surface area contributed by atoms with Crippen LogP contribution in [-0.2, 0) is 0 Å². The maximum atomic E-state index is 13.2. The lowest BCUT2D eigenvalue weighted by molar-refractivity contribution is 0.0781. The van der Waals surface area contributed by atoms with Gasteiger partial charge in [-0.05, 0) is 42.7 Å². The van der Waals surface area contributed by atoms with Crippen LogP contribution in [0.5, 0.6) is 0 Å². The van der Waals surface area contributed by atoms with E-state index in [1.165, 1.54) is 0 Å². The van der Waals surface area contributed by atoms with E-state index in [1.54, 1.807) is 0 Å². The van der Waals surface area contributed by atoms with Crippen molar-refractivity contribution in [2.45, 2.75) is 38.6 Å². The molecule has 0 radical (unpaired) electrons. The summed E-state index contributed by atoms with van der Waals surface area (Å²) in [7, 11) is 0. The second-order valence-corrected chi connectivity index (χ2v) is 7.64. The van der Waals surface area contributed by atoms with Crippen molar-refractivity contribution >= 4 is 41.6 Å². The number of pyridine rings is 1. The SMILES string of the molecule is CC(C)c1cc(C(=O)N2CC3CCC(N)C3C2)c2ccccc2n1.Cl.Cl. The number of carbonyl (C=O) groups excluding carboxylic acids is 1. The van der Waals surface area contributed by atoms with Crippen LogP contribution in [0.15, 0.2) is 30.3 Å². The van der Waals surface area contributed by atoms with Gasteiger partial charge in [-0.3, -0.25) is 9.78 Å². The van der Waals surface area contributed by atoms with Gasteiger partial charge < -0.3 is 10.6 Å². The third-order valence-corrected chi connectivity index (χ3v) is 5.76. The summed E-state index contributed by atoms with van der Waals surface area (Å²) < 4.78 is 0. The zero-order chi connectivity index (χ0) is 16.8. The second-order valence-electron chi connectivity index (χ2n) is 7.64. The van der Waals surface area contributed by atoms with Crippen LogP contribution < -0.4 is 5.73 Å². The number of likely N-dealkylation sites (tertiary alicyclic amines) is 1. The topological polar surface area (TPSA) is 59.2 Å². The van der Waals surface area contributed by atoms with Gasteiger partial charge >= 0.3 is 0 Å². The molecule has 1 aromatic carbocycles. The molecule has 1 saturated heterocycles. The Bertz CT molecular complexity index is 796. The van der Waals surface area contributed by atoms with Crippen LogP contribution in [0.4, 0.5) is 0 Å². The molecule has 1 saturated carbocycles. The Hall–Kier alpha value is -1.36. The molecule has 1 aliphatic heterocycles. The number of halogens is 2. The second kappa shape index (κ2) is 8.12. The van der Waals surface area contributed by atoms with E-state index in [-0.39, 0.29) is 36.8 Å². The predicted octanol–water partition coefficient (Wildman–Crippen LogP) is 4.01. The molecule has 2 fully saturated rings. The van der Waals surface area contributed by atoms with Crippen LogP contribution in [0.25, 0.3) is 10.9 Å². The molecule has 2 aromatic rings. The predicted molar refractivity (Wildman–Crippen MR) is 110 cm³/mol. The van der Waals surface area contributed by atoms with Crippen molar-refractivity contribution in [2.24, 2.45) is 17.6 Å². The highest BCUT2D eigenvalue weighted by Crippen LogP contribution is 2.38. The monoisotopic (exact) mass is 395 g/mol. The number of carbonyl (C=O) groups is 1. The van der Waals surface area contributed by atoms with Gasteiger partial charge in [0.1, 0.15) is 0 Å². The quantitative estimate of drug-likeness (QED) is 0.835. The van der Waals surface area contributed by atoms with Crippen molar-refractivity contribution in [3.63, 3.8) is 0 Å². The molecule has 3 atom stereocenters. The summed E-state index contributed by atoms with van der Waals surface area (Å²) in [5.74, 6) is 1.50. The van der Waals surface area contributed by atoms with Gasteiger partial charge in [0, 0.05) is 30.2 Å². The smallest absolute Gasteiger partial charge is 0.254 e. The van der Waals surface area contributed by atoms with Crippen molar-refractivity contribution in [1.29, 1.82) is 0 Å². The Kier molecular flexibility index (Phi) is 6.54. The van der Waals surface area contributed by atoms with E-state index in [0.717, 1.165) is 48.1 Å². The van der Waals surface area contributed by atoms with Crippen LogP contribution in [0, 0.1) is 11.8 Å². The fourth-order valence-corrected chi connectivity index (χ4v) is 4.31. The largest absolute Gasteiger partial charge is 0.338 e. The molecular formula is C20H27Cl2N3O. The van der Waals surface area contributed by atoms with E-state index in [1.807, 2.05) is 35.2 Å². The van der Waals surface area contributed by atoms with Gasteiger partial charge in [-0.25, -0.2) is 0 Å². The first kappa shape index (κ1) is 20.9. The Morgan fingerprint density at radius 1 is 1.19 bits per heavy atom. The van der Waals surface area contributed by atoms with E-state index >= 15 is 0 Å². The van der Waals surface area contributed by atoms with Crippen LogP contribution in [0.3, 0.4) is 0 Å². The number of nitrogens with zero attached hydrogens (tertiary/aromatic N) is 2. The summed E-state index contributed by atoms with van der Waals surface area (Å²) in [6.45, 7) is 5.89.